The van der Waals surface area contributed by atoms with Gasteiger partial charge >= 0.3 is 0 Å². The van der Waals surface area contributed by atoms with Gasteiger partial charge in [0.2, 0.25) is 5.91 Å². The number of carbonyl (C=O) groups is 1. The first-order valence-corrected chi connectivity index (χ1v) is 7.00. The van der Waals surface area contributed by atoms with Crippen LogP contribution in [0.1, 0.15) is 16.8 Å². The maximum Gasteiger partial charge on any atom is 0.272 e. The van der Waals surface area contributed by atoms with Gasteiger partial charge in [-0.2, -0.15) is 0 Å². The summed E-state index contributed by atoms with van der Waals surface area (Å²) < 4.78 is 0. The van der Waals surface area contributed by atoms with Crippen LogP contribution in [-0.4, -0.2) is 15.8 Å². The smallest absolute Gasteiger partial charge is 0.272 e. The molecule has 0 unspecified atom stereocenters. The molecule has 2 aromatic rings. The van der Waals surface area contributed by atoms with E-state index in [0.29, 0.717) is 27.6 Å². The second kappa shape index (κ2) is 5.88. The van der Waals surface area contributed by atoms with Gasteiger partial charge in [-0.05, 0) is 25.5 Å². The highest BCUT2D eigenvalue weighted by molar-refractivity contribution is 7.13. The van der Waals surface area contributed by atoms with Crippen LogP contribution in [0.2, 0.25) is 0 Å². The number of nitrogens with two attached hydrogens (primary N) is 1. The Bertz CT molecular complexity index is 711. The van der Waals surface area contributed by atoms with E-state index in [1.165, 1.54) is 17.4 Å². The lowest BCUT2D eigenvalue weighted by Gasteiger charge is -2.09. The van der Waals surface area contributed by atoms with Crippen LogP contribution in [0.15, 0.2) is 17.5 Å². The molecule has 0 aliphatic carbocycles. The molecule has 0 bridgehead atoms. The molecule has 1 heterocycles. The lowest BCUT2D eigenvalue weighted by Crippen LogP contribution is -2.15. The summed E-state index contributed by atoms with van der Waals surface area (Å²) in [6, 6.07) is 3.05. The van der Waals surface area contributed by atoms with Gasteiger partial charge in [0.25, 0.3) is 5.69 Å². The zero-order valence-electron chi connectivity index (χ0n) is 11.5. The Morgan fingerprint density at radius 3 is 2.71 bits per heavy atom. The van der Waals surface area contributed by atoms with Gasteiger partial charge < -0.3 is 11.1 Å². The van der Waals surface area contributed by atoms with Gasteiger partial charge in [0.15, 0.2) is 5.13 Å². The molecule has 110 valence electrons. The van der Waals surface area contributed by atoms with Crippen molar-refractivity contribution in [2.24, 2.45) is 0 Å². The van der Waals surface area contributed by atoms with Crippen LogP contribution in [0.25, 0.3) is 0 Å². The first-order chi connectivity index (χ1) is 9.86. The number of nitrogens with one attached hydrogen (secondary N) is 1. The predicted octanol–water partition coefficient (Wildman–Crippen LogP) is 2.43. The van der Waals surface area contributed by atoms with Crippen LogP contribution in [0.5, 0.6) is 0 Å². The Morgan fingerprint density at radius 1 is 1.43 bits per heavy atom. The fourth-order valence-corrected chi connectivity index (χ4v) is 2.46. The average molecular weight is 306 g/mol. The molecule has 21 heavy (non-hydrogen) atoms. The van der Waals surface area contributed by atoms with E-state index < -0.39 is 4.92 Å². The summed E-state index contributed by atoms with van der Waals surface area (Å²) in [6.07, 6.45) is 0.114. The van der Waals surface area contributed by atoms with Crippen molar-refractivity contribution < 1.29 is 9.72 Å². The van der Waals surface area contributed by atoms with Crippen molar-refractivity contribution >= 4 is 33.8 Å². The summed E-state index contributed by atoms with van der Waals surface area (Å²) in [5.41, 5.74) is 7.85. The van der Waals surface area contributed by atoms with Crippen LogP contribution >= 0.6 is 11.3 Å². The highest BCUT2D eigenvalue weighted by Crippen LogP contribution is 2.26. The molecule has 0 atom stereocenters. The molecule has 7 nitrogen and oxygen atoms in total. The molecule has 8 heteroatoms. The quantitative estimate of drug-likeness (QED) is 0.665. The molecule has 0 saturated heterocycles. The number of nitrogen functional groups attached to an aromatic ring is 1. The highest BCUT2D eigenvalue weighted by atomic mass is 32.1. The SMILES string of the molecule is Cc1cc([N+](=O)[O-])c(C)cc1NC(=O)Cc1csc(N)n1. The Labute approximate surface area is 125 Å². The molecular formula is C13H14N4O3S. The topological polar surface area (TPSA) is 111 Å². The highest BCUT2D eigenvalue weighted by Gasteiger charge is 2.15. The number of anilines is 2. The van der Waals surface area contributed by atoms with Crippen molar-refractivity contribution in [3.63, 3.8) is 0 Å². The molecule has 0 spiro atoms. The standard InChI is InChI=1S/C13H14N4O3S/c1-7-4-11(17(19)20)8(2)3-10(7)16-12(18)5-9-6-21-13(14)15-9/h3-4,6H,5H2,1-2H3,(H2,14,15)(H,16,18). The number of nitro benzene ring substituents is 1. The van der Waals surface area contributed by atoms with E-state index in [4.69, 9.17) is 5.73 Å². The van der Waals surface area contributed by atoms with E-state index in [-0.39, 0.29) is 18.0 Å². The molecule has 1 amide bonds. The number of amides is 1. The van der Waals surface area contributed by atoms with E-state index in [1.54, 1.807) is 25.3 Å². The first kappa shape index (κ1) is 14.9. The Hall–Kier alpha value is -2.48. The van der Waals surface area contributed by atoms with Crippen LogP contribution < -0.4 is 11.1 Å². The van der Waals surface area contributed by atoms with E-state index in [0.717, 1.165) is 0 Å². The predicted molar refractivity (Wildman–Crippen MR) is 81.4 cm³/mol. The van der Waals surface area contributed by atoms with E-state index in [2.05, 4.69) is 10.3 Å². The number of aryl methyl sites for hydroxylation is 2. The number of rotatable bonds is 4. The van der Waals surface area contributed by atoms with Gasteiger partial charge in [-0.25, -0.2) is 4.98 Å². The average Bonchev–Trinajstić information content (AvgIpc) is 2.78. The summed E-state index contributed by atoms with van der Waals surface area (Å²) in [5, 5.41) is 15.7. The van der Waals surface area contributed by atoms with Crippen LogP contribution in [0, 0.1) is 24.0 Å². The summed E-state index contributed by atoms with van der Waals surface area (Å²) in [5.74, 6) is -0.239. The molecular weight excluding hydrogens is 292 g/mol. The molecule has 1 aromatic carbocycles. The summed E-state index contributed by atoms with van der Waals surface area (Å²) >= 11 is 1.28. The van der Waals surface area contributed by atoms with E-state index in [1.807, 2.05) is 0 Å². The fraction of sp³-hybridized carbons (Fsp3) is 0.231. The Balaban J connectivity index is 2.14. The number of benzene rings is 1. The number of aromatic nitrogens is 1. The van der Waals surface area contributed by atoms with Crippen molar-refractivity contribution in [1.29, 1.82) is 0 Å². The van der Waals surface area contributed by atoms with Crippen LogP contribution in [0.4, 0.5) is 16.5 Å². The van der Waals surface area contributed by atoms with Crippen molar-refractivity contribution in [3.8, 4) is 0 Å². The summed E-state index contributed by atoms with van der Waals surface area (Å²) in [4.78, 5) is 26.4. The molecule has 0 radical (unpaired) electrons. The maximum absolute atomic E-state index is 12.0. The summed E-state index contributed by atoms with van der Waals surface area (Å²) in [7, 11) is 0. The molecule has 0 fully saturated rings. The zero-order chi connectivity index (χ0) is 15.6. The maximum atomic E-state index is 12.0. The van der Waals surface area contributed by atoms with E-state index in [9.17, 15) is 14.9 Å². The molecule has 2 rings (SSSR count). The van der Waals surface area contributed by atoms with Gasteiger partial charge in [0.05, 0.1) is 17.0 Å². The number of nitro groups is 1. The van der Waals surface area contributed by atoms with Gasteiger partial charge in [-0.1, -0.05) is 0 Å². The van der Waals surface area contributed by atoms with Gasteiger partial charge in [0, 0.05) is 22.7 Å². The summed E-state index contributed by atoms with van der Waals surface area (Å²) in [6.45, 7) is 3.34. The Kier molecular flexibility index (Phi) is 4.18. The minimum absolute atomic E-state index is 0.0396. The lowest BCUT2D eigenvalue weighted by molar-refractivity contribution is -0.385. The Morgan fingerprint density at radius 2 is 2.14 bits per heavy atom. The van der Waals surface area contributed by atoms with Crippen molar-refractivity contribution in [2.45, 2.75) is 20.3 Å². The lowest BCUT2D eigenvalue weighted by atomic mass is 10.1. The second-order valence-electron chi connectivity index (χ2n) is 4.61. The first-order valence-electron chi connectivity index (χ1n) is 6.12. The van der Waals surface area contributed by atoms with Crippen molar-refractivity contribution in [2.75, 3.05) is 11.1 Å². The number of nitrogens with zero attached hydrogens (tertiary/aromatic N) is 2. The molecule has 0 aliphatic rings. The number of hydrogen-bond donors (Lipinski definition) is 2. The minimum Gasteiger partial charge on any atom is -0.375 e. The molecule has 1 aromatic heterocycles. The third-order valence-corrected chi connectivity index (χ3v) is 3.65. The van der Waals surface area contributed by atoms with Gasteiger partial charge in [0.1, 0.15) is 0 Å². The normalized spacial score (nSPS) is 10.4. The zero-order valence-corrected chi connectivity index (χ0v) is 12.4. The molecule has 3 N–H and O–H groups in total. The van der Waals surface area contributed by atoms with Crippen LogP contribution in [-0.2, 0) is 11.2 Å². The van der Waals surface area contributed by atoms with Gasteiger partial charge in [-0.3, -0.25) is 14.9 Å². The molecule has 0 aliphatic heterocycles. The third kappa shape index (κ3) is 3.54. The van der Waals surface area contributed by atoms with Crippen molar-refractivity contribution in [3.05, 3.63) is 44.4 Å². The largest absolute Gasteiger partial charge is 0.375 e. The van der Waals surface area contributed by atoms with E-state index >= 15 is 0 Å². The number of thiazole rings is 1. The number of hydrogen-bond acceptors (Lipinski definition) is 6. The van der Waals surface area contributed by atoms with Crippen LogP contribution in [0.3, 0.4) is 0 Å². The number of carbonyl (C=O) groups excluding carboxylic acids is 1. The minimum atomic E-state index is -0.439. The molecule has 0 saturated carbocycles. The monoisotopic (exact) mass is 306 g/mol. The fourth-order valence-electron chi connectivity index (χ4n) is 1.90. The second-order valence-corrected chi connectivity index (χ2v) is 5.50. The van der Waals surface area contributed by atoms with Crippen molar-refractivity contribution in [1.82, 2.24) is 4.98 Å². The van der Waals surface area contributed by atoms with Gasteiger partial charge in [-0.15, -0.1) is 11.3 Å². The third-order valence-electron chi connectivity index (χ3n) is 2.92.